The summed E-state index contributed by atoms with van der Waals surface area (Å²) in [5.41, 5.74) is 2.74. The van der Waals surface area contributed by atoms with E-state index in [0.717, 1.165) is 22.4 Å². The van der Waals surface area contributed by atoms with Gasteiger partial charge in [0.25, 0.3) is 0 Å². The number of nitriles is 1. The lowest BCUT2D eigenvalue weighted by Gasteiger charge is -2.24. The number of carbonyl (C=O) groups is 1. The Balaban J connectivity index is 1.69. The van der Waals surface area contributed by atoms with E-state index in [1.807, 2.05) is 31.2 Å². The summed E-state index contributed by atoms with van der Waals surface area (Å²) in [5.74, 6) is -0.806. The number of carbonyl (C=O) groups excluding carboxylic acids is 1. The molecule has 0 unspecified atom stereocenters. The van der Waals surface area contributed by atoms with E-state index in [2.05, 4.69) is 16.3 Å². The highest BCUT2D eigenvalue weighted by atomic mass is 19.1. The number of likely N-dealkylation sites (tertiary alicyclic amines) is 1. The molecule has 0 bridgehead atoms. The van der Waals surface area contributed by atoms with Crippen molar-refractivity contribution in [3.05, 3.63) is 65.0 Å². The number of hydrogen-bond acceptors (Lipinski definition) is 3. The van der Waals surface area contributed by atoms with Crippen LogP contribution in [0.1, 0.15) is 16.7 Å². The van der Waals surface area contributed by atoms with Gasteiger partial charge < -0.3 is 5.32 Å². The molecule has 2 heterocycles. The number of anilines is 1. The van der Waals surface area contributed by atoms with Crippen LogP contribution in [0.25, 0.3) is 0 Å². The Morgan fingerprint density at radius 1 is 1.36 bits per heavy atom. The second-order valence-electron chi connectivity index (χ2n) is 6.89. The lowest BCUT2D eigenvalue weighted by Crippen LogP contribution is -2.41. The minimum Gasteiger partial charge on any atom is -0.325 e. The van der Waals surface area contributed by atoms with E-state index in [-0.39, 0.29) is 11.7 Å². The second-order valence-corrected chi connectivity index (χ2v) is 6.89. The molecule has 2 aliphatic heterocycles. The number of hydrogen-bond donors (Lipinski definition) is 1. The Bertz CT molecular complexity index is 904. The SMILES string of the molecule is Cc1ccc(F)cc1CN1C[C@H](C#N)[C@@]2(C1)C(=O)Nc1ccccc12. The van der Waals surface area contributed by atoms with Crippen LogP contribution >= 0.6 is 0 Å². The zero-order valence-corrected chi connectivity index (χ0v) is 13.9. The molecule has 4 nitrogen and oxygen atoms in total. The van der Waals surface area contributed by atoms with Crippen molar-refractivity contribution in [2.75, 3.05) is 18.4 Å². The first-order valence-corrected chi connectivity index (χ1v) is 8.32. The maximum Gasteiger partial charge on any atom is 0.237 e. The third-order valence-corrected chi connectivity index (χ3v) is 5.43. The van der Waals surface area contributed by atoms with Crippen molar-refractivity contribution in [3.8, 4) is 6.07 Å². The van der Waals surface area contributed by atoms with Crippen molar-refractivity contribution in [2.45, 2.75) is 18.9 Å². The predicted molar refractivity (Wildman–Crippen MR) is 92.3 cm³/mol. The van der Waals surface area contributed by atoms with E-state index in [9.17, 15) is 14.4 Å². The molecule has 25 heavy (non-hydrogen) atoms. The van der Waals surface area contributed by atoms with E-state index in [0.29, 0.717) is 19.6 Å². The van der Waals surface area contributed by atoms with Crippen LogP contribution in [0.5, 0.6) is 0 Å². The highest BCUT2D eigenvalue weighted by molar-refractivity contribution is 6.07. The number of aryl methyl sites for hydroxylation is 1. The Morgan fingerprint density at radius 3 is 2.96 bits per heavy atom. The number of para-hydroxylation sites is 1. The molecule has 0 aliphatic carbocycles. The summed E-state index contributed by atoms with van der Waals surface area (Å²) in [6, 6.07) is 14.6. The fraction of sp³-hybridized carbons (Fsp3) is 0.300. The van der Waals surface area contributed by atoms with Crippen LogP contribution in [0.2, 0.25) is 0 Å². The Labute approximate surface area is 145 Å². The number of nitrogens with one attached hydrogen (secondary N) is 1. The molecule has 0 saturated carbocycles. The molecule has 5 heteroatoms. The monoisotopic (exact) mass is 335 g/mol. The summed E-state index contributed by atoms with van der Waals surface area (Å²) < 4.78 is 13.6. The molecule has 126 valence electrons. The quantitative estimate of drug-likeness (QED) is 0.918. The predicted octanol–water partition coefficient (Wildman–Crippen LogP) is 2.98. The average Bonchev–Trinajstić information content (AvgIpc) is 3.10. The zero-order valence-electron chi connectivity index (χ0n) is 13.9. The second kappa shape index (κ2) is 5.68. The van der Waals surface area contributed by atoms with E-state index >= 15 is 0 Å². The smallest absolute Gasteiger partial charge is 0.237 e. The van der Waals surface area contributed by atoms with Gasteiger partial charge in [-0.1, -0.05) is 24.3 Å². The van der Waals surface area contributed by atoms with Crippen LogP contribution < -0.4 is 5.32 Å². The van der Waals surface area contributed by atoms with Gasteiger partial charge in [-0.05, 0) is 41.8 Å². The minimum atomic E-state index is -0.841. The normalized spacial score (nSPS) is 25.0. The number of nitrogens with zero attached hydrogens (tertiary/aromatic N) is 2. The number of rotatable bonds is 2. The largest absolute Gasteiger partial charge is 0.325 e. The van der Waals surface area contributed by atoms with Crippen molar-refractivity contribution in [1.29, 1.82) is 5.26 Å². The summed E-state index contributed by atoms with van der Waals surface area (Å²) in [4.78, 5) is 14.9. The summed E-state index contributed by atoms with van der Waals surface area (Å²) >= 11 is 0. The third-order valence-electron chi connectivity index (χ3n) is 5.43. The van der Waals surface area contributed by atoms with Gasteiger partial charge in [0.05, 0.1) is 12.0 Å². The lowest BCUT2D eigenvalue weighted by atomic mass is 9.74. The molecule has 0 aromatic heterocycles. The molecule has 1 spiro atoms. The van der Waals surface area contributed by atoms with Gasteiger partial charge in [-0.3, -0.25) is 9.69 Å². The van der Waals surface area contributed by atoms with Crippen LogP contribution in [0.4, 0.5) is 10.1 Å². The minimum absolute atomic E-state index is 0.112. The molecule has 2 atom stereocenters. The summed E-state index contributed by atoms with van der Waals surface area (Å²) in [7, 11) is 0. The Kier molecular flexibility index (Phi) is 3.59. The summed E-state index contributed by atoms with van der Waals surface area (Å²) in [5, 5.41) is 12.6. The van der Waals surface area contributed by atoms with Crippen LogP contribution in [-0.4, -0.2) is 23.9 Å². The fourth-order valence-corrected chi connectivity index (χ4v) is 4.10. The highest BCUT2D eigenvalue weighted by Gasteiger charge is 2.57. The molecular weight excluding hydrogens is 317 g/mol. The van der Waals surface area contributed by atoms with Gasteiger partial charge in [0.15, 0.2) is 0 Å². The topological polar surface area (TPSA) is 56.1 Å². The van der Waals surface area contributed by atoms with E-state index < -0.39 is 11.3 Å². The number of fused-ring (bicyclic) bond motifs is 2. The average molecular weight is 335 g/mol. The zero-order chi connectivity index (χ0) is 17.6. The molecule has 2 aromatic rings. The van der Waals surface area contributed by atoms with Gasteiger partial charge >= 0.3 is 0 Å². The number of halogens is 1. The first kappa shape index (κ1) is 15.8. The fourth-order valence-electron chi connectivity index (χ4n) is 4.10. The first-order chi connectivity index (χ1) is 12.0. The van der Waals surface area contributed by atoms with Gasteiger partial charge in [0, 0.05) is 25.3 Å². The molecule has 2 aromatic carbocycles. The van der Waals surface area contributed by atoms with Crippen LogP contribution in [0.3, 0.4) is 0 Å². The van der Waals surface area contributed by atoms with Crippen molar-refractivity contribution < 1.29 is 9.18 Å². The van der Waals surface area contributed by atoms with Gasteiger partial charge in [0.2, 0.25) is 5.91 Å². The number of benzene rings is 2. The Hall–Kier alpha value is -2.71. The van der Waals surface area contributed by atoms with Crippen LogP contribution in [0.15, 0.2) is 42.5 Å². The van der Waals surface area contributed by atoms with Gasteiger partial charge in [-0.2, -0.15) is 5.26 Å². The van der Waals surface area contributed by atoms with Crippen molar-refractivity contribution in [2.24, 2.45) is 5.92 Å². The number of amides is 1. The van der Waals surface area contributed by atoms with Crippen LogP contribution in [-0.2, 0) is 16.8 Å². The van der Waals surface area contributed by atoms with E-state index in [1.165, 1.54) is 12.1 Å². The Morgan fingerprint density at radius 2 is 2.16 bits per heavy atom. The highest BCUT2D eigenvalue weighted by Crippen LogP contribution is 2.47. The summed E-state index contributed by atoms with van der Waals surface area (Å²) in [6.07, 6.45) is 0. The summed E-state index contributed by atoms with van der Waals surface area (Å²) in [6.45, 7) is 3.43. The molecular formula is C20H18FN3O. The van der Waals surface area contributed by atoms with Gasteiger partial charge in [-0.25, -0.2) is 4.39 Å². The molecule has 1 amide bonds. The van der Waals surface area contributed by atoms with Gasteiger partial charge in [0.1, 0.15) is 11.2 Å². The molecule has 1 N–H and O–H groups in total. The lowest BCUT2D eigenvalue weighted by molar-refractivity contribution is -0.121. The first-order valence-electron chi connectivity index (χ1n) is 8.32. The van der Waals surface area contributed by atoms with Crippen LogP contribution in [0, 0.1) is 30.0 Å². The van der Waals surface area contributed by atoms with Crippen molar-refractivity contribution in [1.82, 2.24) is 4.90 Å². The molecule has 1 fully saturated rings. The molecule has 2 aliphatic rings. The van der Waals surface area contributed by atoms with E-state index in [4.69, 9.17) is 0 Å². The van der Waals surface area contributed by atoms with Crippen molar-refractivity contribution in [3.63, 3.8) is 0 Å². The standard InChI is InChI=1S/C20H18FN3O/c1-13-6-7-16(21)8-14(13)10-24-11-15(9-22)20(12-24)17-4-2-3-5-18(17)23-19(20)25/h2-8,15H,10-12H2,1H3,(H,23,25)/t15-,20+/m0/s1. The maximum absolute atomic E-state index is 13.6. The van der Waals surface area contributed by atoms with E-state index in [1.54, 1.807) is 6.07 Å². The third kappa shape index (κ3) is 2.33. The van der Waals surface area contributed by atoms with Crippen molar-refractivity contribution >= 4 is 11.6 Å². The molecule has 0 radical (unpaired) electrons. The molecule has 4 rings (SSSR count). The maximum atomic E-state index is 13.6. The molecule has 1 saturated heterocycles. The van der Waals surface area contributed by atoms with Gasteiger partial charge in [-0.15, -0.1) is 0 Å².